The van der Waals surface area contributed by atoms with Gasteiger partial charge in [-0.1, -0.05) is 46.6 Å². The van der Waals surface area contributed by atoms with Crippen LogP contribution < -0.4 is 5.32 Å². The Bertz CT molecular complexity index is 1010. The zero-order valence-electron chi connectivity index (χ0n) is 14.0. The summed E-state index contributed by atoms with van der Waals surface area (Å²) < 4.78 is 1.65. The van der Waals surface area contributed by atoms with Crippen LogP contribution in [0.4, 0.5) is 5.69 Å². The van der Waals surface area contributed by atoms with Gasteiger partial charge in [0, 0.05) is 11.4 Å². The first-order valence-electron chi connectivity index (χ1n) is 7.57. The molecule has 1 unspecified atom stereocenters. The summed E-state index contributed by atoms with van der Waals surface area (Å²) in [6, 6.07) is 4.92. The Morgan fingerprint density at radius 3 is 2.54 bits per heavy atom. The van der Waals surface area contributed by atoms with E-state index in [0.717, 1.165) is 11.4 Å². The number of nitrogens with one attached hydrogen (secondary N) is 1. The predicted octanol–water partition coefficient (Wildman–Crippen LogP) is 4.82. The first kappa shape index (κ1) is 19.2. The van der Waals surface area contributed by atoms with Crippen molar-refractivity contribution in [1.29, 1.82) is 0 Å². The molecule has 6 nitrogen and oxygen atoms in total. The number of carbonyl (C=O) groups is 1. The van der Waals surface area contributed by atoms with Crippen molar-refractivity contribution in [2.75, 3.05) is 5.32 Å². The molecule has 0 aliphatic carbocycles. The van der Waals surface area contributed by atoms with E-state index in [0.29, 0.717) is 31.7 Å². The molecule has 136 valence electrons. The van der Waals surface area contributed by atoms with Crippen LogP contribution in [0.2, 0.25) is 15.1 Å². The van der Waals surface area contributed by atoms with Gasteiger partial charge in [0.05, 0.1) is 26.0 Å². The van der Waals surface area contributed by atoms with Crippen LogP contribution in [0, 0.1) is 13.8 Å². The second kappa shape index (κ2) is 7.60. The van der Waals surface area contributed by atoms with Crippen LogP contribution >= 0.6 is 46.6 Å². The van der Waals surface area contributed by atoms with E-state index in [2.05, 4.69) is 20.4 Å². The summed E-state index contributed by atoms with van der Waals surface area (Å²) in [4.78, 5) is 21.2. The van der Waals surface area contributed by atoms with E-state index < -0.39 is 5.25 Å². The minimum atomic E-state index is -0.459. The molecule has 0 aliphatic rings. The van der Waals surface area contributed by atoms with Crippen LogP contribution in [0.5, 0.6) is 0 Å². The van der Waals surface area contributed by atoms with Crippen molar-refractivity contribution in [2.45, 2.75) is 31.2 Å². The van der Waals surface area contributed by atoms with Gasteiger partial charge in [0.15, 0.2) is 0 Å². The lowest BCUT2D eigenvalue weighted by Crippen LogP contribution is -2.22. The Balaban J connectivity index is 1.75. The molecule has 0 fully saturated rings. The van der Waals surface area contributed by atoms with Crippen LogP contribution in [0.3, 0.4) is 0 Å². The summed E-state index contributed by atoms with van der Waals surface area (Å²) in [6.07, 6.45) is 0. The summed E-state index contributed by atoms with van der Waals surface area (Å²) in [5, 5.41) is 8.08. The third-order valence-corrected chi connectivity index (χ3v) is 5.50. The first-order chi connectivity index (χ1) is 12.2. The molecule has 0 aliphatic heterocycles. The minimum absolute atomic E-state index is 0.255. The summed E-state index contributed by atoms with van der Waals surface area (Å²) >= 11 is 19.2. The Morgan fingerprint density at radius 2 is 1.81 bits per heavy atom. The summed E-state index contributed by atoms with van der Waals surface area (Å²) in [5.74, 6) is 0.250. The van der Waals surface area contributed by atoms with Gasteiger partial charge in [-0.05, 0) is 39.0 Å². The Labute approximate surface area is 169 Å². The lowest BCUT2D eigenvalue weighted by Gasteiger charge is -2.12. The highest BCUT2D eigenvalue weighted by molar-refractivity contribution is 8.00. The predicted molar refractivity (Wildman–Crippen MR) is 106 cm³/mol. The Hall–Kier alpha value is -1.54. The molecule has 1 atom stereocenters. The SMILES string of the molecule is Cc1cc(C)n2nc(SC(C)C(=O)Nc3cc(Cl)c(Cl)cc3Cl)nc2n1. The van der Waals surface area contributed by atoms with E-state index in [1.807, 2.05) is 19.9 Å². The molecule has 0 saturated heterocycles. The van der Waals surface area contributed by atoms with Crippen molar-refractivity contribution in [2.24, 2.45) is 0 Å². The second-order valence-electron chi connectivity index (χ2n) is 5.64. The average Bonchev–Trinajstić information content (AvgIpc) is 2.95. The number of hydrogen-bond acceptors (Lipinski definition) is 5. The van der Waals surface area contributed by atoms with Crippen molar-refractivity contribution in [3.05, 3.63) is 44.7 Å². The fraction of sp³-hybridized carbons (Fsp3) is 0.250. The molecule has 2 heterocycles. The molecule has 1 amide bonds. The molecule has 1 N–H and O–H groups in total. The number of aryl methyl sites for hydroxylation is 2. The number of amides is 1. The van der Waals surface area contributed by atoms with E-state index >= 15 is 0 Å². The van der Waals surface area contributed by atoms with Gasteiger partial charge in [-0.25, -0.2) is 9.50 Å². The summed E-state index contributed by atoms with van der Waals surface area (Å²) in [5.41, 5.74) is 2.18. The van der Waals surface area contributed by atoms with E-state index in [1.54, 1.807) is 11.4 Å². The number of fused-ring (bicyclic) bond motifs is 1. The molecule has 10 heteroatoms. The lowest BCUT2D eigenvalue weighted by molar-refractivity contribution is -0.115. The Morgan fingerprint density at radius 1 is 1.12 bits per heavy atom. The topological polar surface area (TPSA) is 72.2 Å². The van der Waals surface area contributed by atoms with Crippen LogP contribution in [0.25, 0.3) is 5.78 Å². The van der Waals surface area contributed by atoms with Crippen molar-refractivity contribution < 1.29 is 4.79 Å². The molecule has 0 saturated carbocycles. The largest absolute Gasteiger partial charge is 0.324 e. The fourth-order valence-corrected chi connectivity index (χ4v) is 3.60. The van der Waals surface area contributed by atoms with E-state index in [-0.39, 0.29) is 5.91 Å². The average molecular weight is 431 g/mol. The van der Waals surface area contributed by atoms with Gasteiger partial charge in [-0.3, -0.25) is 4.79 Å². The maximum absolute atomic E-state index is 12.5. The highest BCUT2D eigenvalue weighted by Gasteiger charge is 2.19. The van der Waals surface area contributed by atoms with Crippen LogP contribution in [0.15, 0.2) is 23.4 Å². The highest BCUT2D eigenvalue weighted by atomic mass is 35.5. The van der Waals surface area contributed by atoms with Gasteiger partial charge in [-0.15, -0.1) is 5.10 Å². The molecule has 0 radical (unpaired) electrons. The van der Waals surface area contributed by atoms with Crippen molar-refractivity contribution in [3.8, 4) is 0 Å². The van der Waals surface area contributed by atoms with Crippen molar-refractivity contribution in [1.82, 2.24) is 19.6 Å². The minimum Gasteiger partial charge on any atom is -0.324 e. The molecule has 3 rings (SSSR count). The maximum atomic E-state index is 12.5. The molecule has 1 aromatic carbocycles. The number of nitrogens with zero attached hydrogens (tertiary/aromatic N) is 4. The molecule has 2 aromatic heterocycles. The number of rotatable bonds is 4. The number of thioether (sulfide) groups is 1. The molecule has 26 heavy (non-hydrogen) atoms. The zero-order valence-corrected chi connectivity index (χ0v) is 17.1. The molecule has 3 aromatic rings. The van der Waals surface area contributed by atoms with E-state index in [1.165, 1.54) is 23.9 Å². The number of carbonyl (C=O) groups excluding carboxylic acids is 1. The van der Waals surface area contributed by atoms with Gasteiger partial charge >= 0.3 is 0 Å². The first-order valence-corrected chi connectivity index (χ1v) is 9.59. The van der Waals surface area contributed by atoms with Crippen LogP contribution in [-0.4, -0.2) is 30.7 Å². The fourth-order valence-electron chi connectivity index (χ4n) is 2.26. The van der Waals surface area contributed by atoms with Gasteiger partial charge < -0.3 is 5.32 Å². The van der Waals surface area contributed by atoms with Crippen LogP contribution in [0.1, 0.15) is 18.3 Å². The quantitative estimate of drug-likeness (QED) is 0.474. The van der Waals surface area contributed by atoms with Gasteiger partial charge in [0.1, 0.15) is 0 Å². The number of hydrogen-bond donors (Lipinski definition) is 1. The van der Waals surface area contributed by atoms with Gasteiger partial charge in [0.2, 0.25) is 11.1 Å². The van der Waals surface area contributed by atoms with Crippen LogP contribution in [-0.2, 0) is 4.79 Å². The van der Waals surface area contributed by atoms with Gasteiger partial charge in [-0.2, -0.15) is 4.98 Å². The molecular weight excluding hydrogens is 417 g/mol. The Kier molecular flexibility index (Phi) is 5.62. The third-order valence-electron chi connectivity index (χ3n) is 3.52. The maximum Gasteiger partial charge on any atom is 0.253 e. The molecular formula is C16H14Cl3N5OS. The number of benzene rings is 1. The highest BCUT2D eigenvalue weighted by Crippen LogP contribution is 2.33. The monoisotopic (exact) mass is 429 g/mol. The smallest absolute Gasteiger partial charge is 0.253 e. The summed E-state index contributed by atoms with van der Waals surface area (Å²) in [7, 11) is 0. The number of anilines is 1. The third kappa shape index (κ3) is 4.06. The lowest BCUT2D eigenvalue weighted by atomic mass is 10.3. The zero-order chi connectivity index (χ0) is 19.0. The molecule has 0 spiro atoms. The van der Waals surface area contributed by atoms with Crippen molar-refractivity contribution >= 4 is 63.9 Å². The van der Waals surface area contributed by atoms with Gasteiger partial charge in [0.25, 0.3) is 5.78 Å². The van der Waals surface area contributed by atoms with E-state index in [4.69, 9.17) is 34.8 Å². The number of halogens is 3. The second-order valence-corrected chi connectivity index (χ2v) is 8.17. The summed E-state index contributed by atoms with van der Waals surface area (Å²) in [6.45, 7) is 5.57. The number of aromatic nitrogens is 4. The van der Waals surface area contributed by atoms with Crippen molar-refractivity contribution in [3.63, 3.8) is 0 Å². The standard InChI is InChI=1S/C16H14Cl3N5OS/c1-7-4-8(2)24-15(20-7)22-16(23-24)26-9(3)14(25)21-13-6-11(18)10(17)5-12(13)19/h4-6,9H,1-3H3,(H,21,25). The van der Waals surface area contributed by atoms with E-state index in [9.17, 15) is 4.79 Å². The molecule has 0 bridgehead atoms. The normalized spacial score (nSPS) is 12.4.